The van der Waals surface area contributed by atoms with Crippen LogP contribution in [0.1, 0.15) is 38.2 Å². The molecule has 2 aliphatic rings. The summed E-state index contributed by atoms with van der Waals surface area (Å²) < 4.78 is 5.43. The van der Waals surface area contributed by atoms with Gasteiger partial charge in [0.15, 0.2) is 0 Å². The van der Waals surface area contributed by atoms with Crippen molar-refractivity contribution in [2.75, 3.05) is 26.4 Å². The topological polar surface area (TPSA) is 41.5 Å². The Labute approximate surface area is 127 Å². The number of aliphatic hydroxyl groups is 1. The van der Waals surface area contributed by atoms with Crippen LogP contribution in [-0.2, 0) is 10.2 Å². The average Bonchev–Trinajstić information content (AvgIpc) is 2.52. The number of aliphatic hydroxyl groups excluding tert-OH is 1. The number of nitrogens with one attached hydrogen (secondary N) is 1. The Balaban J connectivity index is 1.51. The summed E-state index contributed by atoms with van der Waals surface area (Å²) in [7, 11) is 0. The van der Waals surface area contributed by atoms with Gasteiger partial charge in [-0.15, -0.1) is 0 Å². The Kier molecular flexibility index (Phi) is 4.34. The molecule has 116 valence electrons. The van der Waals surface area contributed by atoms with Crippen LogP contribution in [0, 0.1) is 5.41 Å². The molecule has 3 nitrogen and oxygen atoms in total. The first-order chi connectivity index (χ1) is 10.2. The number of hydrogen-bond acceptors (Lipinski definition) is 3. The number of rotatable bonds is 5. The largest absolute Gasteiger partial charge is 0.396 e. The SMILES string of the molecule is CC1(c2ccccc2)CC(NCC2(CO)CCOCC2)C1. The number of benzene rings is 1. The molecule has 0 amide bonds. The number of hydrogen-bond donors (Lipinski definition) is 2. The fraction of sp³-hybridized carbons (Fsp3) is 0.667. The van der Waals surface area contributed by atoms with E-state index in [1.165, 1.54) is 18.4 Å². The van der Waals surface area contributed by atoms with Gasteiger partial charge in [-0.2, -0.15) is 0 Å². The van der Waals surface area contributed by atoms with E-state index in [-0.39, 0.29) is 12.0 Å². The molecule has 0 bridgehead atoms. The van der Waals surface area contributed by atoms with Crippen LogP contribution in [-0.4, -0.2) is 37.5 Å². The molecule has 3 rings (SSSR count). The summed E-state index contributed by atoms with van der Waals surface area (Å²) in [6.45, 7) is 5.12. The molecule has 21 heavy (non-hydrogen) atoms. The van der Waals surface area contributed by atoms with Gasteiger partial charge in [0, 0.05) is 31.2 Å². The predicted molar refractivity (Wildman–Crippen MR) is 84.4 cm³/mol. The van der Waals surface area contributed by atoms with Crippen LogP contribution in [0.4, 0.5) is 0 Å². The minimum atomic E-state index is 0.0387. The van der Waals surface area contributed by atoms with Gasteiger partial charge in [0.2, 0.25) is 0 Å². The van der Waals surface area contributed by atoms with Crippen molar-refractivity contribution in [1.82, 2.24) is 5.32 Å². The van der Waals surface area contributed by atoms with E-state index in [1.54, 1.807) is 0 Å². The molecular formula is C18H27NO2. The van der Waals surface area contributed by atoms with Gasteiger partial charge in [-0.05, 0) is 36.7 Å². The van der Waals surface area contributed by atoms with Gasteiger partial charge in [-0.25, -0.2) is 0 Å². The van der Waals surface area contributed by atoms with Crippen LogP contribution in [0.25, 0.3) is 0 Å². The quantitative estimate of drug-likeness (QED) is 0.875. The van der Waals surface area contributed by atoms with Gasteiger partial charge in [0.05, 0.1) is 6.61 Å². The monoisotopic (exact) mass is 289 g/mol. The summed E-state index contributed by atoms with van der Waals surface area (Å²) in [6, 6.07) is 11.4. The molecule has 1 aromatic rings. The van der Waals surface area contributed by atoms with Crippen molar-refractivity contribution in [2.45, 2.75) is 44.1 Å². The second kappa shape index (κ2) is 6.07. The van der Waals surface area contributed by atoms with Crippen LogP contribution in [0.3, 0.4) is 0 Å². The fourth-order valence-corrected chi connectivity index (χ4v) is 3.80. The highest BCUT2D eigenvalue weighted by Gasteiger charge is 2.42. The van der Waals surface area contributed by atoms with E-state index in [2.05, 4.69) is 42.6 Å². The molecule has 3 heteroatoms. The smallest absolute Gasteiger partial charge is 0.0501 e. The first kappa shape index (κ1) is 15.0. The van der Waals surface area contributed by atoms with Crippen LogP contribution >= 0.6 is 0 Å². The lowest BCUT2D eigenvalue weighted by Gasteiger charge is -2.48. The lowest BCUT2D eigenvalue weighted by molar-refractivity contribution is -0.0193. The fourth-order valence-electron chi connectivity index (χ4n) is 3.80. The molecule has 0 atom stereocenters. The Bertz CT molecular complexity index is 448. The Hall–Kier alpha value is -0.900. The van der Waals surface area contributed by atoms with E-state index in [9.17, 15) is 5.11 Å². The van der Waals surface area contributed by atoms with Crippen molar-refractivity contribution in [2.24, 2.45) is 5.41 Å². The predicted octanol–water partition coefficient (Wildman–Crippen LogP) is 2.49. The van der Waals surface area contributed by atoms with Gasteiger partial charge >= 0.3 is 0 Å². The van der Waals surface area contributed by atoms with Crippen LogP contribution in [0.15, 0.2) is 30.3 Å². The zero-order chi connectivity index (χ0) is 14.8. The first-order valence-electron chi connectivity index (χ1n) is 8.13. The van der Waals surface area contributed by atoms with Crippen LogP contribution in [0.2, 0.25) is 0 Å². The lowest BCUT2D eigenvalue weighted by Crippen LogP contribution is -2.53. The number of ether oxygens (including phenoxy) is 1. The second-order valence-electron chi connectivity index (χ2n) is 7.18. The Morgan fingerprint density at radius 3 is 2.48 bits per heavy atom. The molecule has 0 aromatic heterocycles. The van der Waals surface area contributed by atoms with Crippen molar-refractivity contribution in [1.29, 1.82) is 0 Å². The highest BCUT2D eigenvalue weighted by molar-refractivity contribution is 5.28. The van der Waals surface area contributed by atoms with Crippen molar-refractivity contribution < 1.29 is 9.84 Å². The summed E-state index contributed by atoms with van der Waals surface area (Å²) >= 11 is 0. The van der Waals surface area contributed by atoms with E-state index in [0.717, 1.165) is 32.6 Å². The molecule has 0 unspecified atom stereocenters. The van der Waals surface area contributed by atoms with Crippen LogP contribution in [0.5, 0.6) is 0 Å². The third-order valence-electron chi connectivity index (χ3n) is 5.52. The van der Waals surface area contributed by atoms with Crippen molar-refractivity contribution in [3.05, 3.63) is 35.9 Å². The maximum Gasteiger partial charge on any atom is 0.0501 e. The van der Waals surface area contributed by atoms with E-state index in [4.69, 9.17) is 4.74 Å². The van der Waals surface area contributed by atoms with Gasteiger partial charge in [-0.3, -0.25) is 0 Å². The summed E-state index contributed by atoms with van der Waals surface area (Å²) in [6.07, 6.45) is 4.32. The second-order valence-corrected chi connectivity index (χ2v) is 7.18. The van der Waals surface area contributed by atoms with Crippen molar-refractivity contribution in [3.63, 3.8) is 0 Å². The third-order valence-corrected chi connectivity index (χ3v) is 5.52. The summed E-state index contributed by atoms with van der Waals surface area (Å²) in [5.41, 5.74) is 1.81. The molecule has 1 saturated carbocycles. The van der Waals surface area contributed by atoms with E-state index in [0.29, 0.717) is 11.5 Å². The molecule has 2 fully saturated rings. The highest BCUT2D eigenvalue weighted by Crippen LogP contribution is 2.43. The minimum absolute atomic E-state index is 0.0387. The Morgan fingerprint density at radius 2 is 1.86 bits per heavy atom. The molecule has 1 aliphatic carbocycles. The van der Waals surface area contributed by atoms with E-state index >= 15 is 0 Å². The van der Waals surface area contributed by atoms with Crippen molar-refractivity contribution in [3.8, 4) is 0 Å². The molecule has 1 saturated heterocycles. The van der Waals surface area contributed by atoms with Gasteiger partial charge in [0.25, 0.3) is 0 Å². The zero-order valence-electron chi connectivity index (χ0n) is 13.0. The molecular weight excluding hydrogens is 262 g/mol. The zero-order valence-corrected chi connectivity index (χ0v) is 13.0. The highest BCUT2D eigenvalue weighted by atomic mass is 16.5. The van der Waals surface area contributed by atoms with Crippen molar-refractivity contribution >= 4 is 0 Å². The lowest BCUT2D eigenvalue weighted by atomic mass is 9.63. The molecule has 1 aliphatic heterocycles. The van der Waals surface area contributed by atoms with E-state index in [1.807, 2.05) is 0 Å². The molecule has 1 heterocycles. The summed E-state index contributed by atoms with van der Waals surface area (Å²) in [4.78, 5) is 0. The van der Waals surface area contributed by atoms with Crippen LogP contribution < -0.4 is 5.32 Å². The average molecular weight is 289 g/mol. The molecule has 1 aromatic carbocycles. The summed E-state index contributed by atoms with van der Waals surface area (Å²) in [5, 5.41) is 13.4. The maximum absolute atomic E-state index is 9.73. The minimum Gasteiger partial charge on any atom is -0.396 e. The summed E-state index contributed by atoms with van der Waals surface area (Å²) in [5.74, 6) is 0. The first-order valence-corrected chi connectivity index (χ1v) is 8.13. The molecule has 0 spiro atoms. The maximum atomic E-state index is 9.73. The van der Waals surface area contributed by atoms with Gasteiger partial charge in [-0.1, -0.05) is 37.3 Å². The normalized spacial score (nSPS) is 31.6. The van der Waals surface area contributed by atoms with Gasteiger partial charge < -0.3 is 15.2 Å². The standard InChI is InChI=1S/C18H27NO2/c1-17(15-5-3-2-4-6-15)11-16(12-17)19-13-18(14-20)7-9-21-10-8-18/h2-6,16,19-20H,7-14H2,1H3. The molecule has 2 N–H and O–H groups in total. The van der Waals surface area contributed by atoms with Gasteiger partial charge in [0.1, 0.15) is 0 Å². The van der Waals surface area contributed by atoms with E-state index < -0.39 is 0 Å². The Morgan fingerprint density at radius 1 is 1.19 bits per heavy atom. The third kappa shape index (κ3) is 3.15. The molecule has 0 radical (unpaired) electrons.